The number of carbonyl (C=O) groups excluding carboxylic acids is 1. The Labute approximate surface area is 143 Å². The lowest BCUT2D eigenvalue weighted by Gasteiger charge is -2.33. The maximum atomic E-state index is 14.2. The molecule has 7 nitrogen and oxygen atoms in total. The van der Waals surface area contributed by atoms with Gasteiger partial charge in [-0.3, -0.25) is 4.79 Å². The van der Waals surface area contributed by atoms with E-state index >= 15 is 0 Å². The Morgan fingerprint density at radius 2 is 2.08 bits per heavy atom. The number of aromatic nitrogens is 2. The van der Waals surface area contributed by atoms with Gasteiger partial charge in [-0.15, -0.1) is 0 Å². The lowest BCUT2D eigenvalue weighted by atomic mass is 9.80. The van der Waals surface area contributed by atoms with Crippen LogP contribution < -0.4 is 10.6 Å². The van der Waals surface area contributed by atoms with Gasteiger partial charge in [-0.25, -0.2) is 14.2 Å². The second kappa shape index (κ2) is 6.92. The molecule has 1 aliphatic carbocycles. The Hall–Kier alpha value is -2.90. The first-order chi connectivity index (χ1) is 12.0. The van der Waals surface area contributed by atoms with Crippen molar-refractivity contribution in [2.24, 2.45) is 13.0 Å². The smallest absolute Gasteiger partial charge is 0.315 e. The third kappa shape index (κ3) is 3.62. The number of urea groups is 1. The van der Waals surface area contributed by atoms with Crippen LogP contribution >= 0.6 is 0 Å². The van der Waals surface area contributed by atoms with E-state index in [-0.39, 0.29) is 6.04 Å². The molecule has 2 amide bonds. The number of halogens is 1. The summed E-state index contributed by atoms with van der Waals surface area (Å²) in [6.45, 7) is 0. The molecule has 1 unspecified atom stereocenters. The van der Waals surface area contributed by atoms with E-state index in [4.69, 9.17) is 5.11 Å². The average molecular weight is 346 g/mol. The summed E-state index contributed by atoms with van der Waals surface area (Å²) >= 11 is 0. The van der Waals surface area contributed by atoms with Gasteiger partial charge in [0.2, 0.25) is 0 Å². The monoisotopic (exact) mass is 346 g/mol. The van der Waals surface area contributed by atoms with Crippen LogP contribution in [-0.2, 0) is 11.8 Å². The Balaban J connectivity index is 1.73. The largest absolute Gasteiger partial charge is 0.481 e. The summed E-state index contributed by atoms with van der Waals surface area (Å²) in [5.74, 6) is -1.21. The minimum absolute atomic E-state index is 0.191. The summed E-state index contributed by atoms with van der Waals surface area (Å²) in [5, 5.41) is 14.4. The number of nitrogens with one attached hydrogen (secondary N) is 2. The van der Waals surface area contributed by atoms with Crippen molar-refractivity contribution >= 4 is 12.0 Å². The van der Waals surface area contributed by atoms with E-state index in [2.05, 4.69) is 15.6 Å². The number of imidazole rings is 1. The molecule has 0 aliphatic heterocycles. The van der Waals surface area contributed by atoms with Crippen LogP contribution in [0.5, 0.6) is 0 Å². The molecule has 0 radical (unpaired) electrons. The Bertz CT molecular complexity index is 786. The van der Waals surface area contributed by atoms with Gasteiger partial charge in [0.1, 0.15) is 17.7 Å². The molecule has 3 N–H and O–H groups in total. The fourth-order valence-electron chi connectivity index (χ4n) is 2.94. The van der Waals surface area contributed by atoms with Crippen LogP contribution in [0.4, 0.5) is 9.18 Å². The van der Waals surface area contributed by atoms with E-state index < -0.39 is 29.8 Å². The zero-order chi connectivity index (χ0) is 18.0. The Morgan fingerprint density at radius 1 is 1.36 bits per heavy atom. The molecule has 3 rings (SSSR count). The third-order valence-electron chi connectivity index (χ3n) is 4.43. The van der Waals surface area contributed by atoms with E-state index in [1.807, 2.05) is 0 Å². The molecule has 25 heavy (non-hydrogen) atoms. The third-order valence-corrected chi connectivity index (χ3v) is 4.43. The van der Waals surface area contributed by atoms with Gasteiger partial charge >= 0.3 is 12.0 Å². The Morgan fingerprint density at radius 3 is 2.68 bits per heavy atom. The number of carboxylic acids is 1. The molecule has 1 aliphatic rings. The summed E-state index contributed by atoms with van der Waals surface area (Å²) < 4.78 is 15.9. The first-order valence-electron chi connectivity index (χ1n) is 7.97. The van der Waals surface area contributed by atoms with Crippen molar-refractivity contribution < 1.29 is 19.1 Å². The second-order valence-electron chi connectivity index (χ2n) is 6.17. The average Bonchev–Trinajstić information content (AvgIpc) is 2.94. The summed E-state index contributed by atoms with van der Waals surface area (Å²) in [5.41, 5.74) is 0.309. The number of amides is 2. The highest BCUT2D eigenvalue weighted by atomic mass is 19.1. The molecule has 8 heteroatoms. The number of nitrogens with zero attached hydrogens (tertiary/aromatic N) is 2. The lowest BCUT2D eigenvalue weighted by Crippen LogP contribution is -2.50. The van der Waals surface area contributed by atoms with E-state index in [0.29, 0.717) is 24.2 Å². The Kier molecular flexibility index (Phi) is 4.69. The zero-order valence-corrected chi connectivity index (χ0v) is 13.6. The van der Waals surface area contributed by atoms with Crippen LogP contribution in [0.2, 0.25) is 0 Å². The van der Waals surface area contributed by atoms with Crippen molar-refractivity contribution in [1.82, 2.24) is 20.2 Å². The van der Waals surface area contributed by atoms with Crippen molar-refractivity contribution in [2.45, 2.75) is 24.9 Å². The number of rotatable bonds is 5. The molecule has 2 aromatic rings. The van der Waals surface area contributed by atoms with E-state index in [1.54, 1.807) is 42.2 Å². The van der Waals surface area contributed by atoms with Crippen LogP contribution in [0, 0.1) is 11.7 Å². The molecule has 1 atom stereocenters. The van der Waals surface area contributed by atoms with Crippen molar-refractivity contribution in [3.63, 3.8) is 0 Å². The molecule has 0 bridgehead atoms. The van der Waals surface area contributed by atoms with Crippen molar-refractivity contribution in [3.05, 3.63) is 53.9 Å². The summed E-state index contributed by atoms with van der Waals surface area (Å²) in [6.07, 6.45) is 4.09. The van der Waals surface area contributed by atoms with Crippen LogP contribution in [-0.4, -0.2) is 32.7 Å². The van der Waals surface area contributed by atoms with Crippen molar-refractivity contribution in [3.8, 4) is 0 Å². The number of hydrogen-bond acceptors (Lipinski definition) is 3. The van der Waals surface area contributed by atoms with Gasteiger partial charge in [-0.05, 0) is 18.9 Å². The van der Waals surface area contributed by atoms with Crippen LogP contribution in [0.3, 0.4) is 0 Å². The molecule has 0 saturated heterocycles. The van der Waals surface area contributed by atoms with Crippen LogP contribution in [0.15, 0.2) is 36.7 Å². The maximum Gasteiger partial charge on any atom is 0.315 e. The molecule has 1 heterocycles. The number of carbonyl (C=O) groups is 2. The normalized spacial score (nSPS) is 20.4. The highest BCUT2D eigenvalue weighted by Crippen LogP contribution is 2.28. The van der Waals surface area contributed by atoms with E-state index in [1.165, 1.54) is 6.07 Å². The number of aryl methyl sites for hydroxylation is 1. The molecular weight excluding hydrogens is 327 g/mol. The van der Waals surface area contributed by atoms with Gasteiger partial charge in [0.05, 0.1) is 5.92 Å². The molecule has 0 spiro atoms. The summed E-state index contributed by atoms with van der Waals surface area (Å²) in [4.78, 5) is 27.3. The molecule has 1 aromatic heterocycles. The van der Waals surface area contributed by atoms with Crippen LogP contribution in [0.1, 0.15) is 30.3 Å². The molecular formula is C17H19FN4O3. The fourth-order valence-corrected chi connectivity index (χ4v) is 2.94. The molecule has 1 fully saturated rings. The lowest BCUT2D eigenvalue weighted by molar-refractivity contribution is -0.145. The molecule has 1 saturated carbocycles. The van der Waals surface area contributed by atoms with Gasteiger partial charge in [-0.1, -0.05) is 18.2 Å². The number of benzene rings is 1. The number of aliphatic carboxylic acids is 1. The topological polar surface area (TPSA) is 96.3 Å². The van der Waals surface area contributed by atoms with Crippen molar-refractivity contribution in [1.29, 1.82) is 0 Å². The summed E-state index contributed by atoms with van der Waals surface area (Å²) in [6, 6.07) is 4.77. The van der Waals surface area contributed by atoms with Gasteiger partial charge in [0, 0.05) is 31.0 Å². The minimum Gasteiger partial charge on any atom is -0.481 e. The van der Waals surface area contributed by atoms with Gasteiger partial charge in [-0.2, -0.15) is 0 Å². The summed E-state index contributed by atoms with van der Waals surface area (Å²) in [7, 11) is 1.76. The quantitative estimate of drug-likeness (QED) is 0.769. The molecule has 1 aromatic carbocycles. The van der Waals surface area contributed by atoms with Gasteiger partial charge < -0.3 is 20.3 Å². The fraction of sp³-hybridized carbons (Fsp3) is 0.353. The highest BCUT2D eigenvalue weighted by Gasteiger charge is 2.35. The minimum atomic E-state index is -0.851. The van der Waals surface area contributed by atoms with Gasteiger partial charge in [0.25, 0.3) is 0 Å². The molecule has 132 valence electrons. The maximum absolute atomic E-state index is 14.2. The van der Waals surface area contributed by atoms with E-state index in [9.17, 15) is 14.0 Å². The van der Waals surface area contributed by atoms with Crippen molar-refractivity contribution in [2.75, 3.05) is 0 Å². The predicted octanol–water partition coefficient (Wildman–Crippen LogP) is 1.81. The highest BCUT2D eigenvalue weighted by molar-refractivity contribution is 5.76. The predicted molar refractivity (Wildman–Crippen MR) is 87.3 cm³/mol. The van der Waals surface area contributed by atoms with E-state index in [0.717, 1.165) is 0 Å². The second-order valence-corrected chi connectivity index (χ2v) is 6.17. The number of hydrogen-bond donors (Lipinski definition) is 3. The SMILES string of the molecule is Cn1ccnc1C(NC(=O)NC1CC(C(=O)O)C1)c1ccccc1F. The first-order valence-corrected chi connectivity index (χ1v) is 7.97. The first kappa shape index (κ1) is 16.9. The van der Waals surface area contributed by atoms with Crippen LogP contribution in [0.25, 0.3) is 0 Å². The number of carboxylic acid groups (broad SMARTS) is 1. The standard InChI is InChI=1S/C17H19FN4O3/c1-22-7-6-19-15(22)14(12-4-2-3-5-13(12)18)21-17(25)20-11-8-10(9-11)16(23)24/h2-7,10-11,14H,8-9H2,1H3,(H,23,24)(H2,20,21,25). The van der Waals surface area contributed by atoms with Gasteiger partial charge in [0.15, 0.2) is 0 Å². The zero-order valence-electron chi connectivity index (χ0n) is 13.6.